The van der Waals surface area contributed by atoms with E-state index in [4.69, 9.17) is 14.0 Å². The highest BCUT2D eigenvalue weighted by Crippen LogP contribution is 2.16. The monoisotopic (exact) mass is 335 g/mol. The van der Waals surface area contributed by atoms with Gasteiger partial charge in [0, 0.05) is 19.4 Å². The van der Waals surface area contributed by atoms with Gasteiger partial charge in [0.25, 0.3) is 0 Å². The molecule has 8 nitrogen and oxygen atoms in total. The maximum atomic E-state index is 11.9. The van der Waals surface area contributed by atoms with Crippen LogP contribution in [0.1, 0.15) is 32.6 Å². The molecule has 0 aromatic carbocycles. The Morgan fingerprint density at radius 1 is 1.38 bits per heavy atom. The lowest BCUT2D eigenvalue weighted by Crippen LogP contribution is -2.33. The number of carboxylic acids is 1. The lowest BCUT2D eigenvalue weighted by Gasteiger charge is -2.15. The molecule has 0 aliphatic rings. The Labute approximate surface area is 139 Å². The molecule has 0 saturated carbocycles. The van der Waals surface area contributed by atoms with Crippen molar-refractivity contribution in [2.45, 2.75) is 33.1 Å². The van der Waals surface area contributed by atoms with Gasteiger partial charge in [0.15, 0.2) is 0 Å². The molecular weight excluding hydrogens is 314 g/mol. The highest BCUT2D eigenvalue weighted by molar-refractivity contribution is 5.77. The Morgan fingerprint density at radius 2 is 2.17 bits per heavy atom. The Bertz CT molecular complexity index is 663. The second kappa shape index (κ2) is 8.28. The maximum absolute atomic E-state index is 11.9. The van der Waals surface area contributed by atoms with Crippen LogP contribution in [-0.2, 0) is 16.0 Å². The first-order valence-electron chi connectivity index (χ1n) is 7.80. The Balaban J connectivity index is 1.77. The standard InChI is InChI=1S/C16H21N3O5/c1-10(2)7-12(16(21)22)8-17-13(20)3-4-14-18-15(19-24-14)11-5-6-23-9-11/h5-6,9-10,12H,3-4,7-8H2,1-2H3,(H,17,20)(H,21,22). The van der Waals surface area contributed by atoms with E-state index in [1.165, 1.54) is 12.5 Å². The van der Waals surface area contributed by atoms with E-state index in [1.807, 2.05) is 13.8 Å². The summed E-state index contributed by atoms with van der Waals surface area (Å²) in [5.74, 6) is -0.716. The maximum Gasteiger partial charge on any atom is 0.308 e. The third kappa shape index (κ3) is 5.22. The molecule has 0 aliphatic heterocycles. The van der Waals surface area contributed by atoms with Crippen molar-refractivity contribution in [2.24, 2.45) is 11.8 Å². The van der Waals surface area contributed by atoms with Crippen molar-refractivity contribution in [1.82, 2.24) is 15.5 Å². The third-order valence-electron chi connectivity index (χ3n) is 3.46. The van der Waals surface area contributed by atoms with Crippen LogP contribution in [0.2, 0.25) is 0 Å². The number of aliphatic carboxylic acids is 1. The molecule has 2 rings (SSSR count). The summed E-state index contributed by atoms with van der Waals surface area (Å²) in [6.07, 6.45) is 3.98. The summed E-state index contributed by atoms with van der Waals surface area (Å²) >= 11 is 0. The topological polar surface area (TPSA) is 118 Å². The molecule has 2 aromatic heterocycles. The summed E-state index contributed by atoms with van der Waals surface area (Å²) < 4.78 is 10.0. The van der Waals surface area contributed by atoms with Crippen LogP contribution in [0.15, 0.2) is 27.5 Å². The lowest BCUT2D eigenvalue weighted by molar-refractivity contribution is -0.142. The number of carboxylic acid groups (broad SMARTS) is 1. The van der Waals surface area contributed by atoms with Gasteiger partial charge < -0.3 is 19.4 Å². The predicted molar refractivity (Wildman–Crippen MR) is 83.9 cm³/mol. The summed E-state index contributed by atoms with van der Waals surface area (Å²) in [6.45, 7) is 4.02. The van der Waals surface area contributed by atoms with Gasteiger partial charge in [0.2, 0.25) is 17.6 Å². The fraction of sp³-hybridized carbons (Fsp3) is 0.500. The van der Waals surface area contributed by atoms with E-state index in [9.17, 15) is 9.59 Å². The van der Waals surface area contributed by atoms with Gasteiger partial charge >= 0.3 is 5.97 Å². The van der Waals surface area contributed by atoms with Crippen molar-refractivity contribution in [2.75, 3.05) is 6.54 Å². The molecule has 0 bridgehead atoms. The van der Waals surface area contributed by atoms with Crippen LogP contribution in [0.3, 0.4) is 0 Å². The van der Waals surface area contributed by atoms with Crippen molar-refractivity contribution < 1.29 is 23.6 Å². The number of carbonyl (C=O) groups is 2. The fourth-order valence-corrected chi connectivity index (χ4v) is 2.25. The van der Waals surface area contributed by atoms with Gasteiger partial charge in [-0.1, -0.05) is 19.0 Å². The second-order valence-corrected chi connectivity index (χ2v) is 5.99. The van der Waals surface area contributed by atoms with Crippen LogP contribution in [0.25, 0.3) is 11.4 Å². The van der Waals surface area contributed by atoms with Crippen LogP contribution < -0.4 is 5.32 Å². The fourth-order valence-electron chi connectivity index (χ4n) is 2.25. The van der Waals surface area contributed by atoms with E-state index in [1.54, 1.807) is 6.07 Å². The minimum Gasteiger partial charge on any atom is -0.481 e. The first kappa shape index (κ1) is 17.7. The normalized spacial score (nSPS) is 12.3. The number of nitrogens with zero attached hydrogens (tertiary/aromatic N) is 2. The smallest absolute Gasteiger partial charge is 0.308 e. The van der Waals surface area contributed by atoms with Crippen molar-refractivity contribution in [1.29, 1.82) is 0 Å². The Hall–Kier alpha value is -2.64. The average Bonchev–Trinajstić information content (AvgIpc) is 3.19. The van der Waals surface area contributed by atoms with Crippen LogP contribution in [0.4, 0.5) is 0 Å². The number of furan rings is 1. The highest BCUT2D eigenvalue weighted by atomic mass is 16.5. The third-order valence-corrected chi connectivity index (χ3v) is 3.46. The zero-order valence-electron chi connectivity index (χ0n) is 13.7. The summed E-state index contributed by atoms with van der Waals surface area (Å²) in [6, 6.07) is 1.71. The number of carbonyl (C=O) groups excluding carboxylic acids is 1. The van der Waals surface area contributed by atoms with Crippen molar-refractivity contribution in [3.8, 4) is 11.4 Å². The van der Waals surface area contributed by atoms with Gasteiger partial charge in [-0.2, -0.15) is 4.98 Å². The largest absolute Gasteiger partial charge is 0.481 e. The van der Waals surface area contributed by atoms with Gasteiger partial charge in [-0.15, -0.1) is 0 Å². The second-order valence-electron chi connectivity index (χ2n) is 5.99. The summed E-state index contributed by atoms with van der Waals surface area (Å²) in [7, 11) is 0. The van der Waals surface area contributed by atoms with Crippen molar-refractivity contribution >= 4 is 11.9 Å². The number of hydrogen-bond acceptors (Lipinski definition) is 6. The molecule has 0 radical (unpaired) electrons. The molecule has 2 heterocycles. The zero-order chi connectivity index (χ0) is 17.5. The van der Waals surface area contributed by atoms with Crippen molar-refractivity contribution in [3.63, 3.8) is 0 Å². The van der Waals surface area contributed by atoms with Crippen LogP contribution >= 0.6 is 0 Å². The first-order valence-corrected chi connectivity index (χ1v) is 7.80. The molecule has 0 saturated heterocycles. The Kier molecular flexibility index (Phi) is 6.11. The van der Waals surface area contributed by atoms with Gasteiger partial charge in [-0.25, -0.2) is 0 Å². The number of aryl methyl sites for hydroxylation is 1. The first-order chi connectivity index (χ1) is 11.5. The van der Waals surface area contributed by atoms with E-state index < -0.39 is 11.9 Å². The molecule has 1 atom stereocenters. The molecule has 0 fully saturated rings. The molecule has 2 N–H and O–H groups in total. The average molecular weight is 335 g/mol. The van der Waals surface area contributed by atoms with Gasteiger partial charge in [-0.3, -0.25) is 9.59 Å². The SMILES string of the molecule is CC(C)CC(CNC(=O)CCc1nc(-c2ccoc2)no1)C(=O)O. The number of hydrogen-bond donors (Lipinski definition) is 2. The van der Waals surface area contributed by atoms with Crippen LogP contribution in [-0.4, -0.2) is 33.7 Å². The molecule has 24 heavy (non-hydrogen) atoms. The molecule has 130 valence electrons. The molecular formula is C16H21N3O5. The number of aromatic nitrogens is 2. The number of nitrogens with one attached hydrogen (secondary N) is 1. The van der Waals surface area contributed by atoms with E-state index in [2.05, 4.69) is 15.5 Å². The van der Waals surface area contributed by atoms with E-state index in [0.717, 1.165) is 0 Å². The summed E-state index contributed by atoms with van der Waals surface area (Å²) in [4.78, 5) is 27.2. The molecule has 8 heteroatoms. The van der Waals surface area contributed by atoms with Gasteiger partial charge in [-0.05, 0) is 18.4 Å². The summed E-state index contributed by atoms with van der Waals surface area (Å²) in [5, 5.41) is 15.6. The lowest BCUT2D eigenvalue weighted by atomic mass is 9.97. The van der Waals surface area contributed by atoms with E-state index >= 15 is 0 Å². The highest BCUT2D eigenvalue weighted by Gasteiger charge is 2.20. The summed E-state index contributed by atoms with van der Waals surface area (Å²) in [5.41, 5.74) is 0.701. The molecule has 1 amide bonds. The molecule has 1 unspecified atom stereocenters. The van der Waals surface area contributed by atoms with Crippen molar-refractivity contribution in [3.05, 3.63) is 24.5 Å². The number of amides is 1. The zero-order valence-corrected chi connectivity index (χ0v) is 13.7. The Morgan fingerprint density at radius 3 is 2.79 bits per heavy atom. The van der Waals surface area contributed by atoms with E-state index in [0.29, 0.717) is 30.1 Å². The van der Waals surface area contributed by atoms with Gasteiger partial charge in [0.05, 0.1) is 17.7 Å². The quantitative estimate of drug-likeness (QED) is 0.720. The molecule has 2 aromatic rings. The van der Waals surface area contributed by atoms with Crippen LogP contribution in [0.5, 0.6) is 0 Å². The predicted octanol–water partition coefficient (Wildman–Crippen LogP) is 2.13. The molecule has 0 spiro atoms. The van der Waals surface area contributed by atoms with Gasteiger partial charge in [0.1, 0.15) is 6.26 Å². The molecule has 0 aliphatic carbocycles. The van der Waals surface area contributed by atoms with E-state index in [-0.39, 0.29) is 24.8 Å². The minimum atomic E-state index is -0.898. The number of rotatable bonds is 9. The van der Waals surface area contributed by atoms with Crippen LogP contribution in [0, 0.1) is 11.8 Å². The minimum absolute atomic E-state index is 0.121.